The number of ether oxygens (including phenoxy) is 4. The van der Waals surface area contributed by atoms with E-state index >= 15 is 0 Å². The first kappa shape index (κ1) is 73.6. The predicted molar refractivity (Wildman–Crippen MR) is 328 cm³/mol. The quantitative estimate of drug-likeness (QED) is 0.0989. The van der Waals surface area contributed by atoms with Gasteiger partial charge >= 0.3 is 5.97 Å². The molecule has 23 nitrogen and oxygen atoms in total. The standard InChI is InChI=1S/C65H98N4O19/c1-41-17-15-13-11-9-7-5-6-8-10-12-14-16-18-53(86-64-61(82)59(66)60(81)43(3)85-64)38-56-58(63(83)69-27-25-68(26-28-69)29-30-70)55(79)40-65(84,88-56)39-52(77)35-50(75)33-48(73)31-47(72)32-49(74)34-51(76)37-57(80)87-62(41)42(2)19-24-46(71)36-54(78)44-20-22-45(67-4)23-21-44/h5-18,20-23,41-43,46-48,50-53,55-56,58-62,64,67,70-73,75-77,79,81-82,84H,19,24-40,66H2,1-4H3/b6-5+,9-7+,10-8+,13-11+,14-12+,17-15+,18-16+/t41?,42?,43-,46?,47?,48?,50?,51?,52?,53?,55?,56?,58?,59+,60-,61+,62?,64+,65?/m1/s1. The normalized spacial score (nSPS) is 37.0. The molecule has 0 saturated carbocycles. The van der Waals surface area contributed by atoms with Crippen LogP contribution in [0, 0.1) is 17.8 Å². The third-order valence-electron chi connectivity index (χ3n) is 16.5. The molecule has 3 saturated heterocycles. The van der Waals surface area contributed by atoms with Crippen LogP contribution in [0.4, 0.5) is 5.69 Å². The first-order chi connectivity index (χ1) is 41.9. The second kappa shape index (κ2) is 37.2. The summed E-state index contributed by atoms with van der Waals surface area (Å²) in [6.07, 6.45) is 3.15. The minimum Gasteiger partial charge on any atom is -0.461 e. The number of hydrogen-bond acceptors (Lipinski definition) is 22. The number of hydrogen-bond donors (Lipinski definition) is 13. The molecule has 1 amide bonds. The number of rotatable bonds is 13. The van der Waals surface area contributed by atoms with E-state index in [9.17, 15) is 75.3 Å². The van der Waals surface area contributed by atoms with Crippen molar-refractivity contribution in [1.29, 1.82) is 0 Å². The van der Waals surface area contributed by atoms with Crippen LogP contribution in [0.5, 0.6) is 0 Å². The lowest BCUT2D eigenvalue weighted by molar-refractivity contribution is -0.308. The Hall–Kier alpha value is -5.16. The minimum absolute atomic E-state index is 0.0672. The molecule has 14 unspecified atom stereocenters. The Morgan fingerprint density at radius 3 is 1.90 bits per heavy atom. The van der Waals surface area contributed by atoms with Gasteiger partial charge in [0.1, 0.15) is 18.0 Å². The molecule has 1 aromatic rings. The van der Waals surface area contributed by atoms with Gasteiger partial charge in [0.15, 0.2) is 17.9 Å². The van der Waals surface area contributed by atoms with E-state index in [1.165, 1.54) is 0 Å². The highest BCUT2D eigenvalue weighted by Gasteiger charge is 2.52. The number of ketones is 2. The molecule has 23 heteroatoms. The smallest absolute Gasteiger partial charge is 0.308 e. The Balaban J connectivity index is 1.36. The fourth-order valence-electron chi connectivity index (χ4n) is 11.6. The lowest BCUT2D eigenvalue weighted by Crippen LogP contribution is -2.62. The molecule has 4 aliphatic heterocycles. The van der Waals surface area contributed by atoms with Crippen molar-refractivity contribution in [1.82, 2.24) is 9.80 Å². The van der Waals surface area contributed by atoms with Crippen molar-refractivity contribution in [2.75, 3.05) is 51.7 Å². The highest BCUT2D eigenvalue weighted by molar-refractivity contribution is 5.96. The van der Waals surface area contributed by atoms with Crippen LogP contribution in [0.1, 0.15) is 108 Å². The number of anilines is 1. The molecule has 492 valence electrons. The van der Waals surface area contributed by atoms with Crippen molar-refractivity contribution in [2.24, 2.45) is 23.5 Å². The number of nitrogens with zero attached hydrogens (tertiary/aromatic N) is 2. The maximum Gasteiger partial charge on any atom is 0.308 e. The number of fused-ring (bicyclic) bond motifs is 2. The Labute approximate surface area is 516 Å². The number of carbonyl (C=O) groups is 4. The fraction of sp³-hybridized carbons (Fsp3) is 0.631. The number of benzene rings is 1. The van der Waals surface area contributed by atoms with Crippen LogP contribution in [0.15, 0.2) is 109 Å². The third kappa shape index (κ3) is 24.6. The molecule has 2 bridgehead atoms. The zero-order valence-electron chi connectivity index (χ0n) is 51.2. The zero-order chi connectivity index (χ0) is 64.5. The number of piperazine rings is 1. The topological polar surface area (TPSA) is 372 Å². The molecule has 3 fully saturated rings. The zero-order valence-corrected chi connectivity index (χ0v) is 51.2. The van der Waals surface area contributed by atoms with E-state index in [4.69, 9.17) is 24.7 Å². The number of nitrogens with one attached hydrogen (secondary N) is 1. The molecule has 1 aromatic carbocycles. The van der Waals surface area contributed by atoms with Gasteiger partial charge in [-0.05, 0) is 69.2 Å². The molecule has 19 atom stereocenters. The first-order valence-corrected chi connectivity index (χ1v) is 30.8. The third-order valence-corrected chi connectivity index (χ3v) is 16.5. The summed E-state index contributed by atoms with van der Waals surface area (Å²) < 4.78 is 24.5. The van der Waals surface area contributed by atoms with E-state index in [1.54, 1.807) is 122 Å². The number of carbonyl (C=O) groups excluding carboxylic acids is 4. The maximum absolute atomic E-state index is 14.5. The van der Waals surface area contributed by atoms with Gasteiger partial charge in [-0.15, -0.1) is 0 Å². The van der Waals surface area contributed by atoms with Gasteiger partial charge in [-0.2, -0.15) is 0 Å². The number of amides is 1. The van der Waals surface area contributed by atoms with Gasteiger partial charge in [0, 0.05) is 95.5 Å². The summed E-state index contributed by atoms with van der Waals surface area (Å²) in [4.78, 5) is 57.4. The van der Waals surface area contributed by atoms with Crippen LogP contribution in [0.3, 0.4) is 0 Å². The molecule has 0 aliphatic carbocycles. The molecule has 0 spiro atoms. The molecular formula is C65H98N4O19. The largest absolute Gasteiger partial charge is 0.461 e. The summed E-state index contributed by atoms with van der Waals surface area (Å²) in [5, 5.41) is 124. The minimum atomic E-state index is -2.30. The molecule has 88 heavy (non-hydrogen) atoms. The van der Waals surface area contributed by atoms with E-state index in [-0.39, 0.29) is 69.4 Å². The van der Waals surface area contributed by atoms with Gasteiger partial charge < -0.3 is 91.1 Å². The second-order valence-corrected chi connectivity index (χ2v) is 24.0. The summed E-state index contributed by atoms with van der Waals surface area (Å²) in [5.41, 5.74) is 7.47. The number of nitrogens with two attached hydrogens (primary N) is 1. The molecule has 5 rings (SSSR count). The molecule has 0 aromatic heterocycles. The Bertz CT molecular complexity index is 2520. The van der Waals surface area contributed by atoms with E-state index in [2.05, 4.69) is 5.32 Å². The molecular weight excluding hydrogens is 1140 g/mol. The van der Waals surface area contributed by atoms with Crippen molar-refractivity contribution in [2.45, 2.75) is 195 Å². The average molecular weight is 1240 g/mol. The van der Waals surface area contributed by atoms with Crippen LogP contribution in [0.25, 0.3) is 0 Å². The van der Waals surface area contributed by atoms with Gasteiger partial charge in [0.05, 0.1) is 92.1 Å². The van der Waals surface area contributed by atoms with E-state index in [0.29, 0.717) is 31.6 Å². The highest BCUT2D eigenvalue weighted by Crippen LogP contribution is 2.39. The summed E-state index contributed by atoms with van der Waals surface area (Å²) >= 11 is 0. The highest BCUT2D eigenvalue weighted by atomic mass is 16.7. The summed E-state index contributed by atoms with van der Waals surface area (Å²) in [6, 6.07) is 5.76. The molecule has 0 radical (unpaired) electrons. The lowest BCUT2D eigenvalue weighted by atomic mass is 9.81. The van der Waals surface area contributed by atoms with Crippen molar-refractivity contribution >= 4 is 29.1 Å². The maximum atomic E-state index is 14.5. The Kier molecular flexibility index (Phi) is 31.1. The summed E-state index contributed by atoms with van der Waals surface area (Å²) in [7, 11) is 1.77. The second-order valence-electron chi connectivity index (χ2n) is 24.0. The van der Waals surface area contributed by atoms with Gasteiger partial charge in [-0.1, -0.05) is 98.9 Å². The summed E-state index contributed by atoms with van der Waals surface area (Å²) in [6.45, 7) is 7.05. The SMILES string of the molecule is CNc1ccc(C(=O)CC(O)CCC(C)C2OC(=O)CC(O)CC(=O)CC(O)CC(O)CC(O)CC(O)CC3(O)CC(O)C(C(=O)N4CCN(CCO)CC4)C(CC(O[C@@H]4O[C@H](C)[C@@H](O)[C@H](N)[C@@H]4O)/C=C/C=C/C=C/C=C/C=C/C=C/C=C/C2C)O3)cc1. The number of aliphatic hydroxyl groups excluding tert-OH is 10. The van der Waals surface area contributed by atoms with Crippen LogP contribution >= 0.6 is 0 Å². The van der Waals surface area contributed by atoms with E-state index < -0.39 is 160 Å². The van der Waals surface area contributed by atoms with Crippen LogP contribution in [-0.2, 0) is 33.3 Å². The van der Waals surface area contributed by atoms with Crippen LogP contribution < -0.4 is 11.1 Å². The van der Waals surface area contributed by atoms with Crippen molar-refractivity contribution in [3.63, 3.8) is 0 Å². The van der Waals surface area contributed by atoms with Crippen molar-refractivity contribution < 1.29 is 94.3 Å². The monoisotopic (exact) mass is 1240 g/mol. The molecule has 4 heterocycles. The number of esters is 1. The number of aliphatic hydroxyl groups is 11. The lowest BCUT2D eigenvalue weighted by Gasteiger charge is -2.47. The predicted octanol–water partition coefficient (Wildman–Crippen LogP) is 1.80. The van der Waals surface area contributed by atoms with Crippen LogP contribution in [0.2, 0.25) is 0 Å². The number of β-amino-alcohol motifs (C(OH)–C–C–N with tert-alkyl or cyclic N) is 1. The average Bonchev–Trinajstić information content (AvgIpc) is 2.33. The molecule has 14 N–H and O–H groups in total. The van der Waals surface area contributed by atoms with Crippen LogP contribution in [-0.4, -0.2) is 233 Å². The van der Waals surface area contributed by atoms with E-state index in [0.717, 1.165) is 5.69 Å². The summed E-state index contributed by atoms with van der Waals surface area (Å²) in [5.74, 6) is -6.38. The van der Waals surface area contributed by atoms with E-state index in [1.807, 2.05) is 24.8 Å². The fourth-order valence-corrected chi connectivity index (χ4v) is 11.6. The van der Waals surface area contributed by atoms with Crippen molar-refractivity contribution in [3.05, 3.63) is 115 Å². The molecule has 4 aliphatic rings. The van der Waals surface area contributed by atoms with Gasteiger partial charge in [0.2, 0.25) is 5.91 Å². The van der Waals surface area contributed by atoms with Crippen molar-refractivity contribution in [3.8, 4) is 0 Å². The Morgan fingerprint density at radius 1 is 0.727 bits per heavy atom. The Morgan fingerprint density at radius 2 is 1.30 bits per heavy atom. The van der Waals surface area contributed by atoms with Gasteiger partial charge in [-0.3, -0.25) is 24.1 Å². The number of Topliss-reactive ketones (excluding diaryl/α,β-unsaturated/α-hetero) is 2. The first-order valence-electron chi connectivity index (χ1n) is 30.8. The van der Waals surface area contributed by atoms with Gasteiger partial charge in [-0.25, -0.2) is 0 Å². The van der Waals surface area contributed by atoms with Gasteiger partial charge in [0.25, 0.3) is 0 Å². The number of cyclic esters (lactones) is 1. The number of allylic oxidation sites excluding steroid dienone is 12.